The van der Waals surface area contributed by atoms with Crippen LogP contribution >= 0.6 is 0 Å². The van der Waals surface area contributed by atoms with Gasteiger partial charge < -0.3 is 5.11 Å². The molecule has 0 aliphatic rings. The van der Waals surface area contributed by atoms with Crippen molar-refractivity contribution in [1.82, 2.24) is 0 Å². The summed E-state index contributed by atoms with van der Waals surface area (Å²) in [6.07, 6.45) is 24.4. The molecule has 1 heteroatoms. The Morgan fingerprint density at radius 2 is 0.818 bits per heavy atom. The summed E-state index contributed by atoms with van der Waals surface area (Å²) in [5.74, 6) is 0. The molecule has 0 rings (SSSR count). The second-order valence-electron chi connectivity index (χ2n) is 7.10. The zero-order valence-electron chi connectivity index (χ0n) is 15.5. The maximum absolute atomic E-state index is 9.07. The third-order valence-corrected chi connectivity index (χ3v) is 4.64. The summed E-state index contributed by atoms with van der Waals surface area (Å²) in [5.41, 5.74) is 0. The van der Waals surface area contributed by atoms with Gasteiger partial charge in [-0.1, -0.05) is 116 Å². The second-order valence-corrected chi connectivity index (χ2v) is 7.10. The van der Waals surface area contributed by atoms with Crippen molar-refractivity contribution in [3.8, 4) is 0 Å². The molecule has 0 aliphatic carbocycles. The fraction of sp³-hybridized carbons (Fsp3) is 0.952. The maximum Gasteiger partial charge on any atom is 0.0541 e. The van der Waals surface area contributed by atoms with E-state index < -0.39 is 0 Å². The van der Waals surface area contributed by atoms with Gasteiger partial charge in [0.15, 0.2) is 0 Å². The molecule has 1 atom stereocenters. The van der Waals surface area contributed by atoms with Gasteiger partial charge in [-0.3, -0.25) is 0 Å². The van der Waals surface area contributed by atoms with Crippen molar-refractivity contribution < 1.29 is 5.11 Å². The minimum atomic E-state index is -0.351. The topological polar surface area (TPSA) is 20.2 Å². The fourth-order valence-electron chi connectivity index (χ4n) is 3.10. The lowest BCUT2D eigenvalue weighted by molar-refractivity contribution is 0.205. The van der Waals surface area contributed by atoms with Gasteiger partial charge in [-0.2, -0.15) is 0 Å². The molecule has 0 spiro atoms. The zero-order chi connectivity index (χ0) is 16.3. The van der Waals surface area contributed by atoms with E-state index in [2.05, 4.69) is 13.8 Å². The molecule has 0 aliphatic heterocycles. The summed E-state index contributed by atoms with van der Waals surface area (Å²) in [5, 5.41) is 9.07. The minimum Gasteiger partial charge on any atom is -0.393 e. The van der Waals surface area contributed by atoms with Crippen LogP contribution in [0.1, 0.15) is 122 Å². The molecular weight excluding hydrogens is 268 g/mol. The summed E-state index contributed by atoms with van der Waals surface area (Å²) in [6, 6.07) is 0. The molecule has 0 amide bonds. The van der Waals surface area contributed by atoms with Crippen LogP contribution in [0, 0.1) is 6.92 Å². The maximum atomic E-state index is 9.07. The van der Waals surface area contributed by atoms with Crippen LogP contribution in [0.25, 0.3) is 0 Å². The van der Waals surface area contributed by atoms with E-state index in [9.17, 15) is 0 Å². The van der Waals surface area contributed by atoms with E-state index in [-0.39, 0.29) is 6.10 Å². The van der Waals surface area contributed by atoms with E-state index in [1.54, 1.807) is 0 Å². The average Bonchev–Trinajstić information content (AvgIpc) is 2.50. The lowest BCUT2D eigenvalue weighted by Gasteiger charge is -2.04. The first-order valence-electron chi connectivity index (χ1n) is 10.3. The lowest BCUT2D eigenvalue weighted by Crippen LogP contribution is -1.98. The van der Waals surface area contributed by atoms with Crippen LogP contribution in [0.4, 0.5) is 0 Å². The summed E-state index contributed by atoms with van der Waals surface area (Å²) < 4.78 is 0. The van der Waals surface area contributed by atoms with Gasteiger partial charge in [0, 0.05) is 0 Å². The highest BCUT2D eigenvalue weighted by molar-refractivity contribution is 4.56. The average molecular weight is 312 g/mol. The monoisotopic (exact) mass is 311 g/mol. The SMILES string of the molecule is [CH2]C(O)CCCCCCCCCCCCCCCCCCC. The van der Waals surface area contributed by atoms with Crippen LogP contribution in [0.2, 0.25) is 0 Å². The summed E-state index contributed by atoms with van der Waals surface area (Å²) in [7, 11) is 0. The molecule has 0 aromatic heterocycles. The van der Waals surface area contributed by atoms with Gasteiger partial charge in [0.2, 0.25) is 0 Å². The Hall–Kier alpha value is -0.0400. The van der Waals surface area contributed by atoms with Crippen molar-refractivity contribution in [2.75, 3.05) is 0 Å². The van der Waals surface area contributed by atoms with E-state index in [1.807, 2.05) is 0 Å². The molecule has 1 radical (unpaired) electrons. The minimum absolute atomic E-state index is 0.351. The summed E-state index contributed by atoms with van der Waals surface area (Å²) in [6.45, 7) is 5.89. The second kappa shape index (κ2) is 19.0. The van der Waals surface area contributed by atoms with Crippen molar-refractivity contribution in [2.24, 2.45) is 0 Å². The van der Waals surface area contributed by atoms with Crippen molar-refractivity contribution in [3.63, 3.8) is 0 Å². The highest BCUT2D eigenvalue weighted by atomic mass is 16.3. The van der Waals surface area contributed by atoms with E-state index in [4.69, 9.17) is 5.11 Å². The summed E-state index contributed by atoms with van der Waals surface area (Å²) in [4.78, 5) is 0. The van der Waals surface area contributed by atoms with E-state index >= 15 is 0 Å². The highest BCUT2D eigenvalue weighted by Crippen LogP contribution is 2.14. The number of aliphatic hydroxyl groups is 1. The highest BCUT2D eigenvalue weighted by Gasteiger charge is 1.96. The van der Waals surface area contributed by atoms with Crippen LogP contribution in [0.5, 0.6) is 0 Å². The lowest BCUT2D eigenvalue weighted by atomic mass is 10.0. The Morgan fingerprint density at radius 3 is 1.09 bits per heavy atom. The molecule has 1 N–H and O–H groups in total. The van der Waals surface area contributed by atoms with Gasteiger partial charge in [0.1, 0.15) is 0 Å². The summed E-state index contributed by atoms with van der Waals surface area (Å²) >= 11 is 0. The van der Waals surface area contributed by atoms with Crippen molar-refractivity contribution in [2.45, 2.75) is 129 Å². The first kappa shape index (κ1) is 22.0. The molecule has 0 aromatic carbocycles. The molecule has 0 saturated heterocycles. The molecule has 0 bridgehead atoms. The third kappa shape index (κ3) is 20.0. The largest absolute Gasteiger partial charge is 0.393 e. The standard InChI is InChI=1S/C21H43O/c1-3-4-5-6-7-8-9-10-11-12-13-14-15-16-17-18-19-20-21(2)22/h21-22H,2-20H2,1H3. The molecule has 1 unspecified atom stereocenters. The van der Waals surface area contributed by atoms with Gasteiger partial charge in [-0.15, -0.1) is 0 Å². The first-order valence-corrected chi connectivity index (χ1v) is 10.3. The predicted octanol–water partition coefficient (Wildman–Crippen LogP) is 7.22. The van der Waals surface area contributed by atoms with Gasteiger partial charge in [-0.05, 0) is 13.3 Å². The normalized spacial score (nSPS) is 12.7. The van der Waals surface area contributed by atoms with Gasteiger partial charge in [-0.25, -0.2) is 0 Å². The molecular formula is C21H43O. The molecule has 22 heavy (non-hydrogen) atoms. The predicted molar refractivity (Wildman–Crippen MR) is 100 cm³/mol. The van der Waals surface area contributed by atoms with Crippen LogP contribution in [-0.4, -0.2) is 11.2 Å². The van der Waals surface area contributed by atoms with E-state index in [0.717, 1.165) is 12.8 Å². The van der Waals surface area contributed by atoms with Gasteiger partial charge in [0.25, 0.3) is 0 Å². The number of unbranched alkanes of at least 4 members (excludes halogenated alkanes) is 16. The smallest absolute Gasteiger partial charge is 0.0541 e. The molecule has 0 saturated carbocycles. The quantitative estimate of drug-likeness (QED) is 0.265. The van der Waals surface area contributed by atoms with Crippen LogP contribution in [-0.2, 0) is 0 Å². The fourth-order valence-corrected chi connectivity index (χ4v) is 3.10. The molecule has 0 heterocycles. The van der Waals surface area contributed by atoms with Crippen LogP contribution in [0.3, 0.4) is 0 Å². The van der Waals surface area contributed by atoms with E-state index in [0.29, 0.717) is 0 Å². The number of hydrogen-bond donors (Lipinski definition) is 1. The van der Waals surface area contributed by atoms with Crippen LogP contribution in [0.15, 0.2) is 0 Å². The Bertz CT molecular complexity index is 188. The zero-order valence-corrected chi connectivity index (χ0v) is 15.5. The van der Waals surface area contributed by atoms with Gasteiger partial charge in [0.05, 0.1) is 6.10 Å². The third-order valence-electron chi connectivity index (χ3n) is 4.64. The van der Waals surface area contributed by atoms with Crippen molar-refractivity contribution >= 4 is 0 Å². The Morgan fingerprint density at radius 1 is 0.545 bits per heavy atom. The Kier molecular flexibility index (Phi) is 19.0. The molecule has 0 aromatic rings. The van der Waals surface area contributed by atoms with E-state index in [1.165, 1.54) is 103 Å². The number of rotatable bonds is 18. The van der Waals surface area contributed by atoms with Gasteiger partial charge >= 0.3 is 0 Å². The first-order chi connectivity index (χ1) is 10.8. The number of hydrogen-bond acceptors (Lipinski definition) is 1. The van der Waals surface area contributed by atoms with Crippen molar-refractivity contribution in [1.29, 1.82) is 0 Å². The molecule has 0 fully saturated rings. The molecule has 1 nitrogen and oxygen atoms in total. The Labute approximate surface area is 141 Å². The number of aliphatic hydroxyl groups excluding tert-OH is 1. The van der Waals surface area contributed by atoms with Crippen LogP contribution < -0.4 is 0 Å². The Balaban J connectivity index is 2.94. The molecule has 133 valence electrons. The van der Waals surface area contributed by atoms with Crippen molar-refractivity contribution in [3.05, 3.63) is 6.92 Å².